The molecular formula is C13H16ClNOS. The minimum Gasteiger partial charge on any atom is -0.486 e. The van der Waals surface area contributed by atoms with Gasteiger partial charge >= 0.3 is 0 Å². The van der Waals surface area contributed by atoms with Crippen molar-refractivity contribution < 1.29 is 4.74 Å². The topological polar surface area (TPSA) is 35.2 Å². The van der Waals surface area contributed by atoms with E-state index in [1.807, 2.05) is 30.0 Å². The highest BCUT2D eigenvalue weighted by Gasteiger charge is 2.41. The van der Waals surface area contributed by atoms with Gasteiger partial charge in [-0.05, 0) is 36.8 Å². The highest BCUT2D eigenvalue weighted by Crippen LogP contribution is 2.44. The molecule has 1 aromatic rings. The molecule has 2 aliphatic rings. The summed E-state index contributed by atoms with van der Waals surface area (Å²) in [5.41, 5.74) is 7.29. The molecule has 2 unspecified atom stereocenters. The molecule has 2 heterocycles. The molecule has 0 radical (unpaired) electrons. The lowest BCUT2D eigenvalue weighted by atomic mass is 9.85. The Morgan fingerprint density at radius 2 is 2.35 bits per heavy atom. The van der Waals surface area contributed by atoms with Crippen molar-refractivity contribution in [2.75, 3.05) is 11.5 Å². The average Bonchev–Trinajstić information content (AvgIpc) is 2.31. The molecule has 1 aromatic carbocycles. The van der Waals surface area contributed by atoms with Crippen molar-refractivity contribution in [2.45, 2.75) is 30.9 Å². The Hall–Kier alpha value is -0.380. The van der Waals surface area contributed by atoms with Crippen LogP contribution in [0.2, 0.25) is 5.02 Å². The molecule has 4 heteroatoms. The van der Waals surface area contributed by atoms with Crippen molar-refractivity contribution in [3.05, 3.63) is 28.8 Å². The third kappa shape index (κ3) is 2.16. The number of benzene rings is 1. The van der Waals surface area contributed by atoms with Gasteiger partial charge in [-0.15, -0.1) is 0 Å². The zero-order valence-corrected chi connectivity index (χ0v) is 11.2. The first-order valence-electron chi connectivity index (χ1n) is 6.00. The molecule has 1 fully saturated rings. The van der Waals surface area contributed by atoms with Gasteiger partial charge in [0.1, 0.15) is 11.4 Å². The number of fused-ring (bicyclic) bond motifs is 1. The molecule has 3 rings (SSSR count). The average molecular weight is 270 g/mol. The Bertz CT molecular complexity index is 431. The van der Waals surface area contributed by atoms with Gasteiger partial charge in [-0.1, -0.05) is 11.6 Å². The molecule has 92 valence electrons. The smallest absolute Gasteiger partial charge is 0.125 e. The number of thioether (sulfide) groups is 1. The van der Waals surface area contributed by atoms with Gasteiger partial charge in [0.05, 0.1) is 0 Å². The summed E-state index contributed by atoms with van der Waals surface area (Å²) < 4.78 is 6.23. The summed E-state index contributed by atoms with van der Waals surface area (Å²) in [5, 5.41) is 0.733. The van der Waals surface area contributed by atoms with E-state index in [1.54, 1.807) is 0 Å². The monoisotopic (exact) mass is 269 g/mol. The number of nitrogens with two attached hydrogens (primary N) is 1. The minimum atomic E-state index is -0.0385. The molecule has 0 bridgehead atoms. The summed E-state index contributed by atoms with van der Waals surface area (Å²) in [5.74, 6) is 3.23. The normalized spacial score (nSPS) is 32.0. The summed E-state index contributed by atoms with van der Waals surface area (Å²) in [7, 11) is 0. The zero-order valence-electron chi connectivity index (χ0n) is 9.62. The van der Waals surface area contributed by atoms with Crippen molar-refractivity contribution in [3.8, 4) is 5.75 Å². The highest BCUT2D eigenvalue weighted by atomic mass is 35.5. The Kier molecular flexibility index (Phi) is 3.01. The third-order valence-electron chi connectivity index (χ3n) is 3.58. The second-order valence-corrected chi connectivity index (χ2v) is 6.48. The maximum Gasteiger partial charge on any atom is 0.125 e. The van der Waals surface area contributed by atoms with Crippen molar-refractivity contribution in [1.29, 1.82) is 0 Å². The number of halogens is 1. The quantitative estimate of drug-likeness (QED) is 0.784. The van der Waals surface area contributed by atoms with Crippen molar-refractivity contribution in [2.24, 2.45) is 5.73 Å². The van der Waals surface area contributed by atoms with Crippen LogP contribution < -0.4 is 10.5 Å². The summed E-state index contributed by atoms with van der Waals surface area (Å²) in [6, 6.07) is 5.82. The minimum absolute atomic E-state index is 0.0385. The van der Waals surface area contributed by atoms with E-state index >= 15 is 0 Å². The van der Waals surface area contributed by atoms with Gasteiger partial charge in [0.25, 0.3) is 0 Å². The zero-order chi connectivity index (χ0) is 11.9. The van der Waals surface area contributed by atoms with E-state index in [2.05, 4.69) is 0 Å². The third-order valence-corrected chi connectivity index (χ3v) is 5.12. The van der Waals surface area contributed by atoms with E-state index in [0.29, 0.717) is 0 Å². The van der Waals surface area contributed by atoms with E-state index < -0.39 is 0 Å². The first kappa shape index (κ1) is 11.7. The SMILES string of the molecule is NC1CC2(CCCSC2)Oc2ccc(Cl)cc21. The molecule has 1 spiro atoms. The molecule has 0 aliphatic carbocycles. The lowest BCUT2D eigenvalue weighted by molar-refractivity contribution is 0.0472. The maximum atomic E-state index is 6.27. The van der Waals surface area contributed by atoms with Crippen LogP contribution in [-0.2, 0) is 0 Å². The molecule has 17 heavy (non-hydrogen) atoms. The van der Waals surface area contributed by atoms with Crippen LogP contribution in [0.4, 0.5) is 0 Å². The predicted octanol–water partition coefficient (Wildman–Crippen LogP) is 3.39. The van der Waals surface area contributed by atoms with Crippen LogP contribution in [0.5, 0.6) is 5.75 Å². The Labute approximate surface area is 111 Å². The second-order valence-electron chi connectivity index (χ2n) is 4.93. The molecule has 0 saturated carbocycles. The molecule has 2 aliphatic heterocycles. The van der Waals surface area contributed by atoms with Crippen LogP contribution in [0.25, 0.3) is 0 Å². The molecular weight excluding hydrogens is 254 g/mol. The van der Waals surface area contributed by atoms with Gasteiger partial charge in [-0.3, -0.25) is 0 Å². The number of hydrogen-bond acceptors (Lipinski definition) is 3. The number of hydrogen-bond donors (Lipinski definition) is 1. The standard InChI is InChI=1S/C13H16ClNOS/c14-9-2-3-12-10(6-9)11(15)7-13(16-12)4-1-5-17-8-13/h2-3,6,11H,1,4-5,7-8,15H2. The second kappa shape index (κ2) is 4.38. The first-order chi connectivity index (χ1) is 8.19. The maximum absolute atomic E-state index is 6.27. The van der Waals surface area contributed by atoms with E-state index in [0.717, 1.165) is 34.9 Å². The first-order valence-corrected chi connectivity index (χ1v) is 7.54. The van der Waals surface area contributed by atoms with E-state index in [-0.39, 0.29) is 11.6 Å². The van der Waals surface area contributed by atoms with Crippen molar-refractivity contribution in [1.82, 2.24) is 0 Å². The summed E-state index contributed by atoms with van der Waals surface area (Å²) in [6.07, 6.45) is 3.25. The van der Waals surface area contributed by atoms with E-state index in [4.69, 9.17) is 22.1 Å². The fraction of sp³-hybridized carbons (Fsp3) is 0.538. The van der Waals surface area contributed by atoms with Crippen LogP contribution in [0, 0.1) is 0 Å². The molecule has 2 atom stereocenters. The Morgan fingerprint density at radius 1 is 1.47 bits per heavy atom. The fourth-order valence-corrected chi connectivity index (χ4v) is 4.12. The van der Waals surface area contributed by atoms with Gasteiger partial charge in [0, 0.05) is 28.8 Å². The molecule has 1 saturated heterocycles. The fourth-order valence-electron chi connectivity index (χ4n) is 2.76. The van der Waals surface area contributed by atoms with Gasteiger partial charge in [0.15, 0.2) is 0 Å². The number of ether oxygens (including phenoxy) is 1. The van der Waals surface area contributed by atoms with Crippen molar-refractivity contribution >= 4 is 23.4 Å². The van der Waals surface area contributed by atoms with Crippen LogP contribution in [0.3, 0.4) is 0 Å². The van der Waals surface area contributed by atoms with Crippen LogP contribution in [-0.4, -0.2) is 17.1 Å². The summed E-state index contributed by atoms with van der Waals surface area (Å²) in [4.78, 5) is 0. The molecule has 0 aromatic heterocycles. The highest BCUT2D eigenvalue weighted by molar-refractivity contribution is 7.99. The number of rotatable bonds is 0. The van der Waals surface area contributed by atoms with Crippen LogP contribution in [0.15, 0.2) is 18.2 Å². The van der Waals surface area contributed by atoms with Gasteiger partial charge in [0.2, 0.25) is 0 Å². The van der Waals surface area contributed by atoms with Gasteiger partial charge in [-0.25, -0.2) is 0 Å². The lowest BCUT2D eigenvalue weighted by Gasteiger charge is -2.43. The van der Waals surface area contributed by atoms with Crippen LogP contribution >= 0.6 is 23.4 Å². The van der Waals surface area contributed by atoms with E-state index in [9.17, 15) is 0 Å². The molecule has 2 N–H and O–H groups in total. The largest absolute Gasteiger partial charge is 0.486 e. The van der Waals surface area contributed by atoms with Crippen LogP contribution in [0.1, 0.15) is 30.9 Å². The van der Waals surface area contributed by atoms with E-state index in [1.165, 1.54) is 12.2 Å². The predicted molar refractivity (Wildman–Crippen MR) is 72.9 cm³/mol. The van der Waals surface area contributed by atoms with Crippen molar-refractivity contribution in [3.63, 3.8) is 0 Å². The Morgan fingerprint density at radius 3 is 3.12 bits per heavy atom. The van der Waals surface area contributed by atoms with Gasteiger partial charge in [-0.2, -0.15) is 11.8 Å². The molecule has 2 nitrogen and oxygen atoms in total. The summed E-state index contributed by atoms with van der Waals surface area (Å²) in [6.45, 7) is 0. The Balaban J connectivity index is 1.94. The lowest BCUT2D eigenvalue weighted by Crippen LogP contribution is -2.46. The molecule has 0 amide bonds. The van der Waals surface area contributed by atoms with Gasteiger partial charge < -0.3 is 10.5 Å². The summed E-state index contributed by atoms with van der Waals surface area (Å²) >= 11 is 7.98.